The summed E-state index contributed by atoms with van der Waals surface area (Å²) < 4.78 is 24.9. The Hall–Kier alpha value is -1.82. The summed E-state index contributed by atoms with van der Waals surface area (Å²) in [6.45, 7) is 6.99. The van der Waals surface area contributed by atoms with Crippen LogP contribution in [-0.2, 0) is 4.74 Å². The first-order valence-corrected chi connectivity index (χ1v) is 10.1. The van der Waals surface area contributed by atoms with Gasteiger partial charge in [-0.2, -0.15) is 0 Å². The standard InChI is InChI=1S/C21H34FN3O2/c1-4-23-21(24-12-6-5-7-13-26-3)25-16(2)18-10-11-20(19(22)14-18)27-15-17-8-9-17/h10-11,14,16-17H,4-9,12-13,15H2,1-3H3,(H2,23,24,25). The van der Waals surface area contributed by atoms with Crippen molar-refractivity contribution in [2.75, 3.05) is 33.4 Å². The number of halogens is 1. The first-order chi connectivity index (χ1) is 13.1. The van der Waals surface area contributed by atoms with Crippen LogP contribution in [-0.4, -0.2) is 39.4 Å². The molecule has 1 aromatic rings. The lowest BCUT2D eigenvalue weighted by atomic mass is 10.1. The average Bonchev–Trinajstić information content (AvgIpc) is 3.48. The number of unbranched alkanes of at least 4 members (excludes halogenated alkanes) is 2. The number of hydrogen-bond acceptors (Lipinski definition) is 3. The molecular weight excluding hydrogens is 345 g/mol. The minimum atomic E-state index is -0.304. The molecule has 2 rings (SSSR count). The Morgan fingerprint density at radius 2 is 2.11 bits per heavy atom. The SMILES string of the molecule is CCNC(=NCCCCCOC)NC(C)c1ccc(OCC2CC2)c(F)c1. The Bertz CT molecular complexity index is 591. The van der Waals surface area contributed by atoms with E-state index >= 15 is 0 Å². The highest BCUT2D eigenvalue weighted by Gasteiger charge is 2.22. The second-order valence-electron chi connectivity index (χ2n) is 7.12. The molecule has 0 heterocycles. The number of benzene rings is 1. The summed E-state index contributed by atoms with van der Waals surface area (Å²) in [5, 5.41) is 6.60. The Balaban J connectivity index is 1.85. The third kappa shape index (κ3) is 8.16. The normalized spacial score (nSPS) is 15.5. The van der Waals surface area contributed by atoms with Crippen LogP contribution < -0.4 is 15.4 Å². The van der Waals surface area contributed by atoms with E-state index in [0.717, 1.165) is 50.5 Å². The van der Waals surface area contributed by atoms with Gasteiger partial charge in [-0.25, -0.2) is 4.39 Å². The quantitative estimate of drug-likeness (QED) is 0.327. The molecule has 1 unspecified atom stereocenters. The van der Waals surface area contributed by atoms with Crippen LogP contribution >= 0.6 is 0 Å². The topological polar surface area (TPSA) is 54.9 Å². The van der Waals surface area contributed by atoms with Crippen molar-refractivity contribution >= 4 is 5.96 Å². The van der Waals surface area contributed by atoms with E-state index in [1.807, 2.05) is 19.9 Å². The van der Waals surface area contributed by atoms with Crippen LogP contribution in [0.25, 0.3) is 0 Å². The molecule has 1 aromatic carbocycles. The predicted molar refractivity (Wildman–Crippen MR) is 108 cm³/mol. The van der Waals surface area contributed by atoms with Crippen LogP contribution in [0.4, 0.5) is 4.39 Å². The first-order valence-electron chi connectivity index (χ1n) is 10.1. The fraction of sp³-hybridized carbons (Fsp3) is 0.667. The maximum atomic E-state index is 14.3. The minimum Gasteiger partial charge on any atom is -0.490 e. The molecule has 0 aliphatic heterocycles. The summed E-state index contributed by atoms with van der Waals surface area (Å²) in [6.07, 6.45) is 5.57. The summed E-state index contributed by atoms with van der Waals surface area (Å²) in [5.74, 6) is 1.40. The summed E-state index contributed by atoms with van der Waals surface area (Å²) >= 11 is 0. The number of rotatable bonds is 12. The third-order valence-corrected chi connectivity index (χ3v) is 4.60. The smallest absolute Gasteiger partial charge is 0.191 e. The van der Waals surface area contributed by atoms with Crippen molar-refractivity contribution in [1.29, 1.82) is 0 Å². The molecule has 0 spiro atoms. The van der Waals surface area contributed by atoms with Crippen LogP contribution in [0.2, 0.25) is 0 Å². The molecule has 2 N–H and O–H groups in total. The van der Waals surface area contributed by atoms with Gasteiger partial charge in [-0.3, -0.25) is 4.99 Å². The number of methoxy groups -OCH3 is 1. The van der Waals surface area contributed by atoms with Gasteiger partial charge in [0.1, 0.15) is 0 Å². The lowest BCUT2D eigenvalue weighted by Crippen LogP contribution is -2.38. The van der Waals surface area contributed by atoms with Gasteiger partial charge in [0.2, 0.25) is 0 Å². The second kappa shape index (κ2) is 11.8. The van der Waals surface area contributed by atoms with Crippen molar-refractivity contribution in [3.05, 3.63) is 29.6 Å². The molecule has 27 heavy (non-hydrogen) atoms. The summed E-state index contributed by atoms with van der Waals surface area (Å²) in [6, 6.07) is 5.14. The Labute approximate surface area is 162 Å². The molecule has 6 heteroatoms. The van der Waals surface area contributed by atoms with Gasteiger partial charge in [0.05, 0.1) is 12.6 Å². The Kier molecular flexibility index (Phi) is 9.39. The van der Waals surface area contributed by atoms with Crippen LogP contribution in [0.1, 0.15) is 57.6 Å². The van der Waals surface area contributed by atoms with Crippen molar-refractivity contribution in [3.63, 3.8) is 0 Å². The van der Waals surface area contributed by atoms with Crippen molar-refractivity contribution in [3.8, 4) is 5.75 Å². The van der Waals surface area contributed by atoms with E-state index in [4.69, 9.17) is 9.47 Å². The zero-order valence-corrected chi connectivity index (χ0v) is 16.9. The highest BCUT2D eigenvalue weighted by molar-refractivity contribution is 5.80. The molecule has 0 bridgehead atoms. The van der Waals surface area contributed by atoms with Gasteiger partial charge in [0.25, 0.3) is 0 Å². The number of hydrogen-bond donors (Lipinski definition) is 2. The molecule has 152 valence electrons. The molecule has 0 amide bonds. The molecule has 1 aliphatic rings. The monoisotopic (exact) mass is 379 g/mol. The number of guanidine groups is 1. The Morgan fingerprint density at radius 3 is 2.78 bits per heavy atom. The second-order valence-corrected chi connectivity index (χ2v) is 7.12. The zero-order chi connectivity index (χ0) is 19.5. The van der Waals surface area contributed by atoms with Crippen molar-refractivity contribution < 1.29 is 13.9 Å². The van der Waals surface area contributed by atoms with Crippen LogP contribution in [0.3, 0.4) is 0 Å². The van der Waals surface area contributed by atoms with E-state index < -0.39 is 0 Å². The van der Waals surface area contributed by atoms with Crippen molar-refractivity contribution in [2.24, 2.45) is 10.9 Å². The Morgan fingerprint density at radius 1 is 1.30 bits per heavy atom. The summed E-state index contributed by atoms with van der Waals surface area (Å²) in [5.41, 5.74) is 0.872. The lowest BCUT2D eigenvalue weighted by Gasteiger charge is -2.19. The molecule has 0 saturated heterocycles. The van der Waals surface area contributed by atoms with E-state index in [2.05, 4.69) is 15.6 Å². The summed E-state index contributed by atoms with van der Waals surface area (Å²) in [7, 11) is 1.72. The van der Waals surface area contributed by atoms with Gasteiger partial charge in [0, 0.05) is 26.8 Å². The van der Waals surface area contributed by atoms with Gasteiger partial charge < -0.3 is 20.1 Å². The average molecular weight is 380 g/mol. The fourth-order valence-corrected chi connectivity index (χ4v) is 2.73. The van der Waals surface area contributed by atoms with Gasteiger partial charge in [-0.05, 0) is 69.6 Å². The fourth-order valence-electron chi connectivity index (χ4n) is 2.73. The molecule has 1 atom stereocenters. The van der Waals surface area contributed by atoms with Gasteiger partial charge in [-0.1, -0.05) is 6.07 Å². The molecule has 1 saturated carbocycles. The van der Waals surface area contributed by atoms with Crippen LogP contribution in [0, 0.1) is 11.7 Å². The maximum Gasteiger partial charge on any atom is 0.191 e. The minimum absolute atomic E-state index is 0.0525. The number of nitrogens with one attached hydrogen (secondary N) is 2. The zero-order valence-electron chi connectivity index (χ0n) is 16.9. The highest BCUT2D eigenvalue weighted by atomic mass is 19.1. The van der Waals surface area contributed by atoms with E-state index in [1.165, 1.54) is 12.8 Å². The van der Waals surface area contributed by atoms with Crippen molar-refractivity contribution in [2.45, 2.75) is 52.0 Å². The molecule has 1 fully saturated rings. The lowest BCUT2D eigenvalue weighted by molar-refractivity contribution is 0.192. The number of aliphatic imine (C=N–C) groups is 1. The largest absolute Gasteiger partial charge is 0.490 e. The van der Waals surface area contributed by atoms with E-state index in [1.54, 1.807) is 19.2 Å². The first kappa shape index (κ1) is 21.5. The molecule has 0 aromatic heterocycles. The maximum absolute atomic E-state index is 14.3. The number of nitrogens with zero attached hydrogens (tertiary/aromatic N) is 1. The molecule has 5 nitrogen and oxygen atoms in total. The van der Waals surface area contributed by atoms with Gasteiger partial charge in [-0.15, -0.1) is 0 Å². The van der Waals surface area contributed by atoms with Gasteiger partial charge in [0.15, 0.2) is 17.5 Å². The highest BCUT2D eigenvalue weighted by Crippen LogP contribution is 2.30. The van der Waals surface area contributed by atoms with E-state index in [-0.39, 0.29) is 11.9 Å². The van der Waals surface area contributed by atoms with Gasteiger partial charge >= 0.3 is 0 Å². The van der Waals surface area contributed by atoms with E-state index in [0.29, 0.717) is 18.3 Å². The van der Waals surface area contributed by atoms with Crippen LogP contribution in [0.15, 0.2) is 23.2 Å². The third-order valence-electron chi connectivity index (χ3n) is 4.60. The number of ether oxygens (including phenoxy) is 2. The molecule has 0 radical (unpaired) electrons. The molecule has 1 aliphatic carbocycles. The van der Waals surface area contributed by atoms with Crippen molar-refractivity contribution in [1.82, 2.24) is 10.6 Å². The summed E-state index contributed by atoms with van der Waals surface area (Å²) in [4.78, 5) is 4.61. The van der Waals surface area contributed by atoms with Crippen LogP contribution in [0.5, 0.6) is 5.75 Å². The predicted octanol–water partition coefficient (Wildman–Crippen LogP) is 4.05. The molecular formula is C21H34FN3O2. The van der Waals surface area contributed by atoms with E-state index in [9.17, 15) is 4.39 Å².